The van der Waals surface area contributed by atoms with E-state index in [-0.39, 0.29) is 23.3 Å². The molecule has 0 bridgehead atoms. The molecule has 2 amide bonds. The van der Waals surface area contributed by atoms with Gasteiger partial charge in [-0.05, 0) is 36.8 Å². The molecule has 6 nitrogen and oxygen atoms in total. The summed E-state index contributed by atoms with van der Waals surface area (Å²) in [7, 11) is 0. The van der Waals surface area contributed by atoms with Crippen LogP contribution >= 0.6 is 0 Å². The summed E-state index contributed by atoms with van der Waals surface area (Å²) >= 11 is 0. The van der Waals surface area contributed by atoms with Crippen LogP contribution in [0, 0.1) is 24.2 Å². The summed E-state index contributed by atoms with van der Waals surface area (Å²) in [6, 6.07) is 7.87. The molecule has 0 aromatic heterocycles. The fourth-order valence-electron chi connectivity index (χ4n) is 3.16. The van der Waals surface area contributed by atoms with Gasteiger partial charge in [-0.3, -0.25) is 9.59 Å². The van der Waals surface area contributed by atoms with Gasteiger partial charge in [0.05, 0.1) is 0 Å². The second kappa shape index (κ2) is 8.52. The van der Waals surface area contributed by atoms with Crippen LogP contribution in [0.2, 0.25) is 0 Å². The average molecular weight is 354 g/mol. The highest BCUT2D eigenvalue weighted by Gasteiger charge is 2.23. The summed E-state index contributed by atoms with van der Waals surface area (Å²) in [5.41, 5.74) is 8.16. The van der Waals surface area contributed by atoms with Crippen LogP contribution in [0.1, 0.15) is 43.7 Å². The van der Waals surface area contributed by atoms with Crippen molar-refractivity contribution in [3.05, 3.63) is 41.1 Å². The Balaban J connectivity index is 2.13. The second-order valence-corrected chi connectivity index (χ2v) is 7.02. The van der Waals surface area contributed by atoms with Crippen LogP contribution in [0.5, 0.6) is 0 Å². The van der Waals surface area contributed by atoms with Crippen molar-refractivity contribution < 1.29 is 9.59 Å². The lowest BCUT2D eigenvalue weighted by atomic mass is 9.96. The zero-order chi connectivity index (χ0) is 19.3. The summed E-state index contributed by atoms with van der Waals surface area (Å²) in [6.07, 6.45) is 2.86. The van der Waals surface area contributed by atoms with E-state index in [0.717, 1.165) is 16.8 Å². The van der Waals surface area contributed by atoms with Crippen LogP contribution in [0.15, 0.2) is 30.0 Å². The molecule has 1 fully saturated rings. The van der Waals surface area contributed by atoms with Gasteiger partial charge in [0.25, 0.3) is 5.91 Å². The number of hydrogen-bond acceptors (Lipinski definition) is 4. The number of benzene rings is 1. The largest absolute Gasteiger partial charge is 0.376 e. The molecule has 26 heavy (non-hydrogen) atoms. The molecule has 1 aliphatic heterocycles. The lowest BCUT2D eigenvalue weighted by Gasteiger charge is -2.29. The number of piperidine rings is 1. The predicted molar refractivity (Wildman–Crippen MR) is 101 cm³/mol. The van der Waals surface area contributed by atoms with E-state index in [1.807, 2.05) is 36.1 Å². The fourth-order valence-corrected chi connectivity index (χ4v) is 3.16. The number of carbonyl (C=O) groups is 2. The van der Waals surface area contributed by atoms with Crippen LogP contribution in [0.4, 0.5) is 5.69 Å². The lowest BCUT2D eigenvalue weighted by Crippen LogP contribution is -2.36. The molecule has 0 atom stereocenters. The maximum Gasteiger partial charge on any atom is 0.267 e. The van der Waals surface area contributed by atoms with Gasteiger partial charge in [0.2, 0.25) is 5.91 Å². The number of nitrogens with two attached hydrogens (primary N) is 1. The number of anilines is 1. The zero-order valence-corrected chi connectivity index (χ0v) is 15.6. The van der Waals surface area contributed by atoms with Crippen molar-refractivity contribution in [3.63, 3.8) is 0 Å². The van der Waals surface area contributed by atoms with Crippen LogP contribution in [0.3, 0.4) is 0 Å². The summed E-state index contributed by atoms with van der Waals surface area (Å²) < 4.78 is 0. The van der Waals surface area contributed by atoms with Gasteiger partial charge in [0, 0.05) is 30.9 Å². The number of hydrogen-bond donors (Lipinski definition) is 2. The van der Waals surface area contributed by atoms with Crippen LogP contribution < -0.4 is 11.1 Å². The van der Waals surface area contributed by atoms with E-state index in [9.17, 15) is 14.9 Å². The number of aryl methyl sites for hydroxylation is 1. The maximum atomic E-state index is 12.6. The van der Waals surface area contributed by atoms with Crippen LogP contribution in [-0.4, -0.2) is 29.8 Å². The standard InChI is InChI=1S/C20H26N4O2/c1-13(2)17-6-4-5-14(3)18(17)23-20(26)16(11-21)12-24-9-7-15(8-10-24)19(22)25/h4-6,12-13,15H,7-10H2,1-3H3,(H2,22,25)(H,23,26)/b16-12-. The van der Waals surface area contributed by atoms with E-state index < -0.39 is 5.91 Å². The smallest absolute Gasteiger partial charge is 0.267 e. The molecule has 1 aromatic carbocycles. The van der Waals surface area contributed by atoms with Crippen molar-refractivity contribution in [2.45, 2.75) is 39.5 Å². The second-order valence-electron chi connectivity index (χ2n) is 7.02. The van der Waals surface area contributed by atoms with Gasteiger partial charge in [-0.15, -0.1) is 0 Å². The highest BCUT2D eigenvalue weighted by molar-refractivity contribution is 6.07. The van der Waals surface area contributed by atoms with Gasteiger partial charge >= 0.3 is 0 Å². The van der Waals surface area contributed by atoms with Crippen molar-refractivity contribution in [2.24, 2.45) is 11.7 Å². The first kappa shape index (κ1) is 19.5. The van der Waals surface area contributed by atoms with E-state index in [2.05, 4.69) is 19.2 Å². The first-order chi connectivity index (χ1) is 12.3. The van der Waals surface area contributed by atoms with Gasteiger partial charge in [-0.1, -0.05) is 32.0 Å². The average Bonchev–Trinajstić information content (AvgIpc) is 2.61. The summed E-state index contributed by atoms with van der Waals surface area (Å²) in [5, 5.41) is 12.3. The molecule has 3 N–H and O–H groups in total. The predicted octanol–water partition coefficient (Wildman–Crippen LogP) is 2.66. The molecule has 0 spiro atoms. The topological polar surface area (TPSA) is 99.2 Å². The van der Waals surface area contributed by atoms with Crippen molar-refractivity contribution in [1.82, 2.24) is 4.90 Å². The number of rotatable bonds is 5. The Morgan fingerprint density at radius 3 is 2.54 bits per heavy atom. The Morgan fingerprint density at radius 1 is 1.35 bits per heavy atom. The molecule has 1 heterocycles. The summed E-state index contributed by atoms with van der Waals surface area (Å²) in [4.78, 5) is 25.8. The van der Waals surface area contributed by atoms with Gasteiger partial charge in [-0.2, -0.15) is 5.26 Å². The minimum absolute atomic E-state index is 0.0560. The Bertz CT molecular complexity index is 754. The molecule has 1 aromatic rings. The van der Waals surface area contributed by atoms with E-state index in [4.69, 9.17) is 5.73 Å². The third kappa shape index (κ3) is 4.63. The molecule has 1 aliphatic rings. The minimum atomic E-state index is -0.416. The molecule has 138 valence electrons. The Labute approximate surface area is 154 Å². The van der Waals surface area contributed by atoms with E-state index in [1.165, 1.54) is 0 Å². The molecule has 0 aliphatic carbocycles. The molecule has 2 rings (SSSR count). The summed E-state index contributed by atoms with van der Waals surface area (Å²) in [6.45, 7) is 7.27. The molecule has 0 saturated carbocycles. The number of nitriles is 1. The van der Waals surface area contributed by atoms with Crippen molar-refractivity contribution in [2.75, 3.05) is 18.4 Å². The molecule has 0 radical (unpaired) electrons. The normalized spacial score (nSPS) is 15.7. The first-order valence-corrected chi connectivity index (χ1v) is 8.89. The van der Waals surface area contributed by atoms with E-state index >= 15 is 0 Å². The number of amides is 2. The van der Waals surface area contributed by atoms with Crippen LogP contribution in [-0.2, 0) is 9.59 Å². The van der Waals surface area contributed by atoms with Gasteiger partial charge in [0.1, 0.15) is 11.6 Å². The first-order valence-electron chi connectivity index (χ1n) is 8.89. The summed E-state index contributed by atoms with van der Waals surface area (Å²) in [5.74, 6) is -0.569. The maximum absolute atomic E-state index is 12.6. The van der Waals surface area contributed by atoms with Gasteiger partial charge in [0.15, 0.2) is 0 Å². The molecule has 0 unspecified atom stereocenters. The van der Waals surface area contributed by atoms with Gasteiger partial charge in [-0.25, -0.2) is 0 Å². The number of nitrogens with zero attached hydrogens (tertiary/aromatic N) is 2. The number of para-hydroxylation sites is 1. The Hall–Kier alpha value is -2.81. The molecule has 6 heteroatoms. The monoisotopic (exact) mass is 354 g/mol. The third-order valence-corrected chi connectivity index (χ3v) is 4.77. The highest BCUT2D eigenvalue weighted by Crippen LogP contribution is 2.28. The minimum Gasteiger partial charge on any atom is -0.376 e. The SMILES string of the molecule is Cc1cccc(C(C)C)c1NC(=O)/C(C#N)=C\N1CCC(C(N)=O)CC1. The molecular formula is C20H26N4O2. The number of nitrogens with one attached hydrogen (secondary N) is 1. The van der Waals surface area contributed by atoms with E-state index in [1.54, 1.807) is 6.20 Å². The van der Waals surface area contributed by atoms with Crippen molar-refractivity contribution in [3.8, 4) is 6.07 Å². The fraction of sp³-hybridized carbons (Fsp3) is 0.450. The zero-order valence-electron chi connectivity index (χ0n) is 15.6. The quantitative estimate of drug-likeness (QED) is 0.627. The Kier molecular flexibility index (Phi) is 6.40. The van der Waals surface area contributed by atoms with E-state index in [0.29, 0.717) is 25.9 Å². The highest BCUT2D eigenvalue weighted by atomic mass is 16.2. The molecule has 1 saturated heterocycles. The van der Waals surface area contributed by atoms with Gasteiger partial charge < -0.3 is 16.0 Å². The third-order valence-electron chi connectivity index (χ3n) is 4.77. The molecular weight excluding hydrogens is 328 g/mol. The Morgan fingerprint density at radius 2 is 2.00 bits per heavy atom. The van der Waals surface area contributed by atoms with Crippen LogP contribution in [0.25, 0.3) is 0 Å². The van der Waals surface area contributed by atoms with Crippen molar-refractivity contribution >= 4 is 17.5 Å². The number of carbonyl (C=O) groups excluding carboxylic acids is 2. The lowest BCUT2D eigenvalue weighted by molar-refractivity contribution is -0.123. The number of likely N-dealkylation sites (tertiary alicyclic amines) is 1. The van der Waals surface area contributed by atoms with Crippen molar-refractivity contribution in [1.29, 1.82) is 5.26 Å². The number of primary amides is 1.